The summed E-state index contributed by atoms with van der Waals surface area (Å²) in [6, 6.07) is 11.5. The lowest BCUT2D eigenvalue weighted by Crippen LogP contribution is -2.57. The highest BCUT2D eigenvalue weighted by Gasteiger charge is 2.41. The molecule has 4 amide bonds. The van der Waals surface area contributed by atoms with Gasteiger partial charge < -0.3 is 0 Å². The third-order valence-electron chi connectivity index (χ3n) is 3.87. The molecule has 0 aliphatic carbocycles. The second-order valence-electron chi connectivity index (χ2n) is 5.41. The maximum Gasteiger partial charge on any atom is 0.328 e. The van der Waals surface area contributed by atoms with Crippen molar-refractivity contribution >= 4 is 35.0 Å². The van der Waals surface area contributed by atoms with Crippen LogP contribution in [0.25, 0.3) is 0 Å². The molecule has 122 valence electrons. The van der Waals surface area contributed by atoms with Crippen molar-refractivity contribution in [3.05, 3.63) is 58.3 Å². The number of benzene rings is 1. The first-order chi connectivity index (χ1) is 11.6. The van der Waals surface area contributed by atoms with Crippen LogP contribution in [-0.4, -0.2) is 23.6 Å². The number of barbiturate groups is 1. The summed E-state index contributed by atoms with van der Waals surface area (Å²) in [6.07, 6.45) is 0.00419. The van der Waals surface area contributed by atoms with E-state index < -0.39 is 29.7 Å². The zero-order chi connectivity index (χ0) is 17.1. The highest BCUT2D eigenvalue weighted by Crippen LogP contribution is 2.32. The van der Waals surface area contributed by atoms with E-state index in [1.165, 1.54) is 11.3 Å². The van der Waals surface area contributed by atoms with Crippen LogP contribution in [0.5, 0.6) is 0 Å². The Hall–Kier alpha value is -2.80. The summed E-state index contributed by atoms with van der Waals surface area (Å²) in [7, 11) is 0. The fraction of sp³-hybridized carbons (Fsp3) is 0.176. The molecule has 24 heavy (non-hydrogen) atoms. The van der Waals surface area contributed by atoms with Gasteiger partial charge in [0.15, 0.2) is 5.78 Å². The van der Waals surface area contributed by atoms with Gasteiger partial charge in [-0.2, -0.15) is 0 Å². The van der Waals surface area contributed by atoms with E-state index >= 15 is 0 Å². The number of thiophene rings is 1. The maximum absolute atomic E-state index is 12.5. The lowest BCUT2D eigenvalue weighted by atomic mass is 9.80. The zero-order valence-corrected chi connectivity index (χ0v) is 13.3. The SMILES string of the molecule is O=C1NC(=O)C([C@H](CC(=O)c2cccs2)c2ccccc2)C(=O)N1. The van der Waals surface area contributed by atoms with Crippen molar-refractivity contribution in [2.45, 2.75) is 12.3 Å². The molecular formula is C17H14N2O4S. The molecule has 6 nitrogen and oxygen atoms in total. The first kappa shape index (κ1) is 16.1. The van der Waals surface area contributed by atoms with Crippen LogP contribution in [-0.2, 0) is 9.59 Å². The van der Waals surface area contributed by atoms with Gasteiger partial charge in [0, 0.05) is 12.3 Å². The summed E-state index contributed by atoms with van der Waals surface area (Å²) < 4.78 is 0. The van der Waals surface area contributed by atoms with Crippen molar-refractivity contribution in [1.82, 2.24) is 10.6 Å². The third-order valence-corrected chi connectivity index (χ3v) is 4.78. The number of rotatable bonds is 5. The molecule has 0 spiro atoms. The molecule has 0 unspecified atom stereocenters. The molecule has 2 aromatic rings. The Morgan fingerprint density at radius 2 is 1.67 bits per heavy atom. The van der Waals surface area contributed by atoms with Crippen molar-refractivity contribution < 1.29 is 19.2 Å². The normalized spacial score (nSPS) is 16.4. The van der Waals surface area contributed by atoms with Crippen LogP contribution in [0, 0.1) is 5.92 Å². The number of imide groups is 2. The highest BCUT2D eigenvalue weighted by atomic mass is 32.1. The lowest BCUT2D eigenvalue weighted by molar-refractivity contribution is -0.136. The van der Waals surface area contributed by atoms with Crippen LogP contribution < -0.4 is 10.6 Å². The number of carbonyl (C=O) groups is 4. The number of carbonyl (C=O) groups excluding carboxylic acids is 4. The van der Waals surface area contributed by atoms with Crippen LogP contribution in [0.1, 0.15) is 27.6 Å². The van der Waals surface area contributed by atoms with E-state index in [1.54, 1.807) is 41.8 Å². The summed E-state index contributed by atoms with van der Waals surface area (Å²) in [6.45, 7) is 0. The Morgan fingerprint density at radius 1 is 1.00 bits per heavy atom. The first-order valence-corrected chi connectivity index (χ1v) is 8.21. The number of amides is 4. The number of urea groups is 1. The molecule has 1 aromatic heterocycles. The Morgan fingerprint density at radius 3 is 2.25 bits per heavy atom. The largest absolute Gasteiger partial charge is 0.328 e. The van der Waals surface area contributed by atoms with Crippen molar-refractivity contribution in [2.24, 2.45) is 5.92 Å². The van der Waals surface area contributed by atoms with E-state index in [2.05, 4.69) is 10.6 Å². The van der Waals surface area contributed by atoms with Gasteiger partial charge >= 0.3 is 6.03 Å². The van der Waals surface area contributed by atoms with Crippen LogP contribution >= 0.6 is 11.3 Å². The smallest absolute Gasteiger partial charge is 0.293 e. The van der Waals surface area contributed by atoms with Crippen molar-refractivity contribution in [3.8, 4) is 0 Å². The molecular weight excluding hydrogens is 328 g/mol. The van der Waals surface area contributed by atoms with Gasteiger partial charge in [-0.25, -0.2) is 4.79 Å². The Kier molecular flexibility index (Phi) is 4.52. The van der Waals surface area contributed by atoms with E-state index in [0.717, 1.165) is 0 Å². The monoisotopic (exact) mass is 342 g/mol. The van der Waals surface area contributed by atoms with Crippen LogP contribution in [0.15, 0.2) is 47.8 Å². The zero-order valence-electron chi connectivity index (χ0n) is 12.5. The molecule has 7 heteroatoms. The van der Waals surface area contributed by atoms with Crippen LogP contribution in [0.2, 0.25) is 0 Å². The highest BCUT2D eigenvalue weighted by molar-refractivity contribution is 7.12. The van der Waals surface area contributed by atoms with Gasteiger partial charge in [0.2, 0.25) is 11.8 Å². The molecule has 1 saturated heterocycles. The third kappa shape index (κ3) is 3.26. The van der Waals surface area contributed by atoms with E-state index in [1.807, 2.05) is 6.07 Å². The first-order valence-electron chi connectivity index (χ1n) is 7.33. The predicted octanol–water partition coefficient (Wildman–Crippen LogP) is 2.09. The molecule has 0 radical (unpaired) electrons. The molecule has 0 saturated carbocycles. The summed E-state index contributed by atoms with van der Waals surface area (Å²) in [5, 5.41) is 5.99. The number of ketones is 1. The topological polar surface area (TPSA) is 92.3 Å². The molecule has 1 aliphatic rings. The summed E-state index contributed by atoms with van der Waals surface area (Å²) in [5.41, 5.74) is 0.701. The second-order valence-corrected chi connectivity index (χ2v) is 6.35. The van der Waals surface area contributed by atoms with E-state index in [4.69, 9.17) is 0 Å². The fourth-order valence-electron chi connectivity index (χ4n) is 2.76. The van der Waals surface area contributed by atoms with Crippen molar-refractivity contribution in [2.75, 3.05) is 0 Å². The van der Waals surface area contributed by atoms with E-state index in [-0.39, 0.29) is 12.2 Å². The van der Waals surface area contributed by atoms with Gasteiger partial charge in [-0.1, -0.05) is 36.4 Å². The Bertz CT molecular complexity index is 766. The summed E-state index contributed by atoms with van der Waals surface area (Å²) >= 11 is 1.31. The van der Waals surface area contributed by atoms with Crippen molar-refractivity contribution in [1.29, 1.82) is 0 Å². The van der Waals surface area contributed by atoms with Gasteiger partial charge in [-0.05, 0) is 17.0 Å². The quantitative estimate of drug-likeness (QED) is 0.643. The minimum absolute atomic E-state index is 0.00419. The molecule has 1 fully saturated rings. The fourth-order valence-corrected chi connectivity index (χ4v) is 3.44. The van der Waals surface area contributed by atoms with Gasteiger partial charge in [-0.3, -0.25) is 25.0 Å². The molecule has 2 N–H and O–H groups in total. The summed E-state index contributed by atoms with van der Waals surface area (Å²) in [4.78, 5) is 48.7. The molecule has 2 heterocycles. The number of nitrogens with one attached hydrogen (secondary N) is 2. The van der Waals surface area contributed by atoms with Gasteiger partial charge in [0.05, 0.1) is 4.88 Å². The van der Waals surface area contributed by atoms with Gasteiger partial charge in [-0.15, -0.1) is 11.3 Å². The number of Topliss-reactive ketones (excluding diaryl/α,β-unsaturated/α-hetero) is 1. The van der Waals surface area contributed by atoms with Gasteiger partial charge in [0.25, 0.3) is 0 Å². The standard InChI is InChI=1S/C17H14N2O4S/c20-12(13-7-4-8-24-13)9-11(10-5-2-1-3-6-10)14-15(21)18-17(23)19-16(14)22/h1-8,11,14H,9H2,(H2,18,19,21,22,23)/t11-/m1/s1. The van der Waals surface area contributed by atoms with E-state index in [0.29, 0.717) is 10.4 Å². The van der Waals surface area contributed by atoms with E-state index in [9.17, 15) is 19.2 Å². The van der Waals surface area contributed by atoms with Crippen LogP contribution in [0.4, 0.5) is 4.79 Å². The average Bonchev–Trinajstić information content (AvgIpc) is 3.08. The summed E-state index contributed by atoms with van der Waals surface area (Å²) in [5.74, 6) is -3.28. The minimum atomic E-state index is -1.13. The number of hydrogen-bond donors (Lipinski definition) is 2. The predicted molar refractivity (Wildman–Crippen MR) is 87.6 cm³/mol. The molecule has 3 rings (SSSR count). The van der Waals surface area contributed by atoms with Crippen LogP contribution in [0.3, 0.4) is 0 Å². The number of hydrogen-bond acceptors (Lipinski definition) is 5. The Labute approximate surface area is 141 Å². The lowest BCUT2D eigenvalue weighted by Gasteiger charge is -2.28. The average molecular weight is 342 g/mol. The molecule has 1 aromatic carbocycles. The van der Waals surface area contributed by atoms with Gasteiger partial charge in [0.1, 0.15) is 5.92 Å². The second kappa shape index (κ2) is 6.76. The maximum atomic E-state index is 12.5. The van der Waals surface area contributed by atoms with Crippen molar-refractivity contribution in [3.63, 3.8) is 0 Å². The molecule has 1 aliphatic heterocycles. The molecule has 1 atom stereocenters. The minimum Gasteiger partial charge on any atom is -0.293 e. The molecule has 0 bridgehead atoms. The Balaban J connectivity index is 1.93.